The van der Waals surface area contributed by atoms with Crippen LogP contribution >= 0.6 is 0 Å². The first-order valence-electron chi connectivity index (χ1n) is 4.38. The van der Waals surface area contributed by atoms with E-state index in [1.807, 2.05) is 18.2 Å². The number of ether oxygens (including phenoxy) is 1. The highest BCUT2D eigenvalue weighted by Gasteiger charge is 2.18. The second-order valence-corrected chi connectivity index (χ2v) is 2.89. The Bertz CT molecular complexity index is 504. The number of rotatable bonds is 2. The number of nitrogens with zero attached hydrogens (tertiary/aromatic N) is 2. The Hall–Kier alpha value is -2.04. The SMILES string of the molecule is COC(=O)c1nc2ccccc2n1OC. The Morgan fingerprint density at radius 3 is 2.73 bits per heavy atom. The number of benzene rings is 1. The zero-order valence-electron chi connectivity index (χ0n) is 8.43. The molecule has 2 rings (SSSR count). The van der Waals surface area contributed by atoms with Gasteiger partial charge in [0, 0.05) is 0 Å². The molecule has 2 aromatic rings. The Labute approximate surface area is 86.2 Å². The molecule has 0 radical (unpaired) electrons. The fourth-order valence-corrected chi connectivity index (χ4v) is 1.41. The van der Waals surface area contributed by atoms with E-state index in [1.165, 1.54) is 19.0 Å². The van der Waals surface area contributed by atoms with E-state index in [2.05, 4.69) is 9.72 Å². The molecule has 0 saturated heterocycles. The fourth-order valence-electron chi connectivity index (χ4n) is 1.41. The lowest BCUT2D eigenvalue weighted by molar-refractivity contribution is 0.0540. The lowest BCUT2D eigenvalue weighted by atomic mass is 10.3. The first-order valence-corrected chi connectivity index (χ1v) is 4.38. The summed E-state index contributed by atoms with van der Waals surface area (Å²) in [5.74, 6) is -0.380. The van der Waals surface area contributed by atoms with Gasteiger partial charge in [0.2, 0.25) is 0 Å². The molecule has 0 atom stereocenters. The van der Waals surface area contributed by atoms with Gasteiger partial charge in [0.25, 0.3) is 5.82 Å². The van der Waals surface area contributed by atoms with E-state index in [-0.39, 0.29) is 5.82 Å². The van der Waals surface area contributed by atoms with Crippen LogP contribution in [0.25, 0.3) is 11.0 Å². The van der Waals surface area contributed by atoms with Crippen LogP contribution in [-0.4, -0.2) is 29.9 Å². The van der Waals surface area contributed by atoms with Crippen LogP contribution in [0.4, 0.5) is 0 Å². The van der Waals surface area contributed by atoms with Gasteiger partial charge < -0.3 is 9.57 Å². The van der Waals surface area contributed by atoms with Gasteiger partial charge in [-0.3, -0.25) is 0 Å². The Morgan fingerprint density at radius 1 is 1.33 bits per heavy atom. The number of imidazole rings is 1. The summed E-state index contributed by atoms with van der Waals surface area (Å²) in [4.78, 5) is 20.6. The van der Waals surface area contributed by atoms with Crippen molar-refractivity contribution in [2.75, 3.05) is 14.2 Å². The van der Waals surface area contributed by atoms with Crippen molar-refractivity contribution >= 4 is 17.0 Å². The number of hydrogen-bond acceptors (Lipinski definition) is 4. The van der Waals surface area contributed by atoms with Crippen LogP contribution in [0.5, 0.6) is 0 Å². The van der Waals surface area contributed by atoms with Crippen LogP contribution in [0.15, 0.2) is 24.3 Å². The summed E-state index contributed by atoms with van der Waals surface area (Å²) >= 11 is 0. The van der Waals surface area contributed by atoms with Crippen molar-refractivity contribution in [1.29, 1.82) is 0 Å². The van der Waals surface area contributed by atoms with E-state index < -0.39 is 5.97 Å². The van der Waals surface area contributed by atoms with Crippen LogP contribution in [0.1, 0.15) is 10.6 Å². The number of carbonyl (C=O) groups excluding carboxylic acids is 1. The highest BCUT2D eigenvalue weighted by Crippen LogP contribution is 2.14. The van der Waals surface area contributed by atoms with Crippen LogP contribution < -0.4 is 4.84 Å². The maximum Gasteiger partial charge on any atom is 0.377 e. The summed E-state index contributed by atoms with van der Waals surface area (Å²) in [6.45, 7) is 0. The molecule has 1 heterocycles. The van der Waals surface area contributed by atoms with Crippen molar-refractivity contribution in [2.45, 2.75) is 0 Å². The maximum atomic E-state index is 11.4. The van der Waals surface area contributed by atoms with E-state index in [9.17, 15) is 4.79 Å². The summed E-state index contributed by atoms with van der Waals surface area (Å²) in [5.41, 5.74) is 1.43. The third-order valence-corrected chi connectivity index (χ3v) is 2.07. The summed E-state index contributed by atoms with van der Waals surface area (Å²) < 4.78 is 5.95. The van der Waals surface area contributed by atoms with Gasteiger partial charge in [-0.05, 0) is 12.1 Å². The minimum atomic E-state index is -0.520. The van der Waals surface area contributed by atoms with Crippen molar-refractivity contribution < 1.29 is 14.4 Å². The summed E-state index contributed by atoms with van der Waals surface area (Å²) in [6.07, 6.45) is 0. The molecule has 5 nitrogen and oxygen atoms in total. The molecule has 0 spiro atoms. The average Bonchev–Trinajstić information content (AvgIpc) is 2.66. The van der Waals surface area contributed by atoms with E-state index >= 15 is 0 Å². The second-order valence-electron chi connectivity index (χ2n) is 2.89. The molecule has 1 aromatic carbocycles. The van der Waals surface area contributed by atoms with Crippen LogP contribution in [-0.2, 0) is 4.74 Å². The van der Waals surface area contributed by atoms with Gasteiger partial charge >= 0.3 is 5.97 Å². The van der Waals surface area contributed by atoms with Crippen LogP contribution in [0, 0.1) is 0 Å². The maximum absolute atomic E-state index is 11.4. The molecule has 0 aliphatic carbocycles. The van der Waals surface area contributed by atoms with Crippen LogP contribution in [0.2, 0.25) is 0 Å². The van der Waals surface area contributed by atoms with E-state index in [1.54, 1.807) is 6.07 Å². The lowest BCUT2D eigenvalue weighted by Gasteiger charge is -2.03. The molecule has 0 bridgehead atoms. The van der Waals surface area contributed by atoms with E-state index in [0.717, 1.165) is 5.52 Å². The zero-order valence-corrected chi connectivity index (χ0v) is 8.43. The van der Waals surface area contributed by atoms with Gasteiger partial charge in [-0.1, -0.05) is 12.1 Å². The van der Waals surface area contributed by atoms with Crippen molar-refractivity contribution in [3.63, 3.8) is 0 Å². The number of esters is 1. The number of methoxy groups -OCH3 is 1. The number of carbonyl (C=O) groups is 1. The van der Waals surface area contributed by atoms with Gasteiger partial charge in [-0.25, -0.2) is 9.78 Å². The third-order valence-electron chi connectivity index (χ3n) is 2.07. The standard InChI is InChI=1S/C10H10N2O3/c1-14-10(13)9-11-7-5-3-4-6-8(7)12(9)15-2/h3-6H,1-2H3. The lowest BCUT2D eigenvalue weighted by Crippen LogP contribution is -2.16. The predicted molar refractivity (Wildman–Crippen MR) is 53.6 cm³/mol. The second kappa shape index (κ2) is 3.61. The smallest absolute Gasteiger partial charge is 0.377 e. The highest BCUT2D eigenvalue weighted by molar-refractivity contribution is 5.90. The fraction of sp³-hybridized carbons (Fsp3) is 0.200. The molecule has 15 heavy (non-hydrogen) atoms. The minimum Gasteiger partial charge on any atom is -0.463 e. The molecule has 0 saturated carbocycles. The number of fused-ring (bicyclic) bond motifs is 1. The summed E-state index contributed by atoms with van der Waals surface area (Å²) in [5, 5.41) is 0. The molecule has 0 fully saturated rings. The van der Waals surface area contributed by atoms with Gasteiger partial charge in [0.05, 0.1) is 12.6 Å². The monoisotopic (exact) mass is 206 g/mol. The van der Waals surface area contributed by atoms with Gasteiger partial charge in [0.1, 0.15) is 12.6 Å². The van der Waals surface area contributed by atoms with Gasteiger partial charge in [-0.2, -0.15) is 4.73 Å². The van der Waals surface area contributed by atoms with Gasteiger partial charge in [-0.15, -0.1) is 0 Å². The quantitative estimate of drug-likeness (QED) is 0.684. The first-order chi connectivity index (χ1) is 7.27. The predicted octanol–water partition coefficient (Wildman–Crippen LogP) is 0.881. The largest absolute Gasteiger partial charge is 0.463 e. The number of hydrogen-bond donors (Lipinski definition) is 0. The Morgan fingerprint density at radius 2 is 2.07 bits per heavy atom. The molecule has 1 aromatic heterocycles. The number of para-hydroxylation sites is 2. The average molecular weight is 206 g/mol. The molecular weight excluding hydrogens is 196 g/mol. The molecule has 5 heteroatoms. The summed E-state index contributed by atoms with van der Waals surface area (Å²) in [7, 11) is 2.78. The summed E-state index contributed by atoms with van der Waals surface area (Å²) in [6, 6.07) is 7.31. The molecule has 0 N–H and O–H groups in total. The molecule has 0 aliphatic heterocycles. The van der Waals surface area contributed by atoms with E-state index in [4.69, 9.17) is 4.84 Å². The molecule has 0 aliphatic rings. The first kappa shape index (κ1) is 9.51. The van der Waals surface area contributed by atoms with Crippen molar-refractivity contribution in [2.24, 2.45) is 0 Å². The van der Waals surface area contributed by atoms with Crippen LogP contribution in [0.3, 0.4) is 0 Å². The highest BCUT2D eigenvalue weighted by atomic mass is 16.7. The van der Waals surface area contributed by atoms with Gasteiger partial charge in [0.15, 0.2) is 0 Å². The minimum absolute atomic E-state index is 0.140. The van der Waals surface area contributed by atoms with Crippen molar-refractivity contribution in [1.82, 2.24) is 9.71 Å². The van der Waals surface area contributed by atoms with Crippen molar-refractivity contribution in [3.8, 4) is 0 Å². The topological polar surface area (TPSA) is 53.3 Å². The zero-order chi connectivity index (χ0) is 10.8. The third kappa shape index (κ3) is 1.41. The molecule has 0 amide bonds. The Balaban J connectivity index is 2.69. The molecule has 0 unspecified atom stereocenters. The van der Waals surface area contributed by atoms with E-state index in [0.29, 0.717) is 5.52 Å². The van der Waals surface area contributed by atoms with Crippen molar-refractivity contribution in [3.05, 3.63) is 30.1 Å². The molecular formula is C10H10N2O3. The normalized spacial score (nSPS) is 10.3. The number of aromatic nitrogens is 2. The Kier molecular flexibility index (Phi) is 2.29. The molecule has 78 valence electrons.